The van der Waals surface area contributed by atoms with Crippen molar-refractivity contribution in [3.8, 4) is 0 Å². The van der Waals surface area contributed by atoms with Crippen molar-refractivity contribution in [1.82, 2.24) is 19.5 Å². The second-order valence-electron chi connectivity index (χ2n) is 4.21. The van der Waals surface area contributed by atoms with Gasteiger partial charge in [-0.15, -0.1) is 0 Å². The average Bonchev–Trinajstić information content (AvgIpc) is 2.67. The van der Waals surface area contributed by atoms with Gasteiger partial charge in [-0.25, -0.2) is 9.97 Å². The zero-order valence-corrected chi connectivity index (χ0v) is 10.0. The van der Waals surface area contributed by atoms with E-state index in [2.05, 4.69) is 15.0 Å². The van der Waals surface area contributed by atoms with E-state index in [1.165, 1.54) is 0 Å². The first-order chi connectivity index (χ1) is 8.74. The molecule has 5 heteroatoms. The average molecular weight is 239 g/mol. The quantitative estimate of drug-likeness (QED) is 0.739. The van der Waals surface area contributed by atoms with Gasteiger partial charge in [0.2, 0.25) is 5.95 Å². The minimum Gasteiger partial charge on any atom is -0.369 e. The lowest BCUT2D eigenvalue weighted by molar-refractivity contribution is 0.821. The molecule has 3 heterocycles. The fourth-order valence-corrected chi connectivity index (χ4v) is 1.94. The number of aromatic nitrogens is 4. The third-order valence-electron chi connectivity index (χ3n) is 2.82. The normalized spacial score (nSPS) is 10.9. The van der Waals surface area contributed by atoms with Gasteiger partial charge in [0.1, 0.15) is 5.52 Å². The first-order valence-electron chi connectivity index (χ1n) is 5.72. The Morgan fingerprint density at radius 3 is 2.89 bits per heavy atom. The summed E-state index contributed by atoms with van der Waals surface area (Å²) in [5, 5.41) is 0. The second-order valence-corrected chi connectivity index (χ2v) is 4.21. The van der Waals surface area contributed by atoms with Gasteiger partial charge in [0.05, 0.1) is 6.54 Å². The molecule has 0 unspecified atom stereocenters. The van der Waals surface area contributed by atoms with Crippen LogP contribution in [0.25, 0.3) is 11.2 Å². The molecule has 0 aliphatic rings. The number of nitrogens with two attached hydrogens (primary N) is 1. The van der Waals surface area contributed by atoms with E-state index in [-0.39, 0.29) is 0 Å². The van der Waals surface area contributed by atoms with Crippen molar-refractivity contribution in [2.45, 2.75) is 13.5 Å². The Balaban J connectivity index is 2.11. The van der Waals surface area contributed by atoms with E-state index >= 15 is 0 Å². The van der Waals surface area contributed by atoms with Crippen LogP contribution in [0.15, 0.2) is 36.7 Å². The van der Waals surface area contributed by atoms with Gasteiger partial charge in [-0.05, 0) is 30.7 Å². The number of nitrogens with zero attached hydrogens (tertiary/aromatic N) is 4. The highest BCUT2D eigenvalue weighted by Gasteiger charge is 2.09. The van der Waals surface area contributed by atoms with Crippen molar-refractivity contribution >= 4 is 17.1 Å². The highest BCUT2D eigenvalue weighted by atomic mass is 15.2. The van der Waals surface area contributed by atoms with Gasteiger partial charge < -0.3 is 5.73 Å². The fraction of sp³-hybridized carbons (Fsp3) is 0.154. The molecule has 18 heavy (non-hydrogen) atoms. The van der Waals surface area contributed by atoms with Crippen molar-refractivity contribution in [3.05, 3.63) is 47.9 Å². The van der Waals surface area contributed by atoms with Gasteiger partial charge in [0, 0.05) is 18.1 Å². The van der Waals surface area contributed by atoms with Gasteiger partial charge in [0.25, 0.3) is 0 Å². The minimum atomic E-state index is 0.479. The molecule has 0 amide bonds. The molecule has 0 aromatic carbocycles. The summed E-state index contributed by atoms with van der Waals surface area (Å²) in [5.41, 5.74) is 9.61. The molecular weight excluding hydrogens is 226 g/mol. The Morgan fingerprint density at radius 1 is 1.22 bits per heavy atom. The Morgan fingerprint density at radius 2 is 2.11 bits per heavy atom. The van der Waals surface area contributed by atoms with Crippen LogP contribution in [-0.2, 0) is 6.54 Å². The number of fused-ring (bicyclic) bond motifs is 1. The molecular formula is C13H13N5. The monoisotopic (exact) mass is 239 g/mol. The van der Waals surface area contributed by atoms with Crippen molar-refractivity contribution in [1.29, 1.82) is 0 Å². The van der Waals surface area contributed by atoms with Crippen LogP contribution < -0.4 is 5.73 Å². The molecule has 0 saturated carbocycles. The van der Waals surface area contributed by atoms with Crippen molar-refractivity contribution in [2.75, 3.05) is 5.73 Å². The van der Waals surface area contributed by atoms with Crippen LogP contribution in [0.4, 0.5) is 5.95 Å². The summed E-state index contributed by atoms with van der Waals surface area (Å²) in [6.07, 6.45) is 3.57. The van der Waals surface area contributed by atoms with E-state index < -0.39 is 0 Å². The lowest BCUT2D eigenvalue weighted by Gasteiger charge is -2.05. The molecule has 0 fully saturated rings. The molecule has 0 saturated heterocycles. The topological polar surface area (TPSA) is 69.6 Å². The van der Waals surface area contributed by atoms with Crippen LogP contribution in [0, 0.1) is 6.92 Å². The molecule has 0 atom stereocenters. The Labute approximate surface area is 104 Å². The molecule has 0 spiro atoms. The van der Waals surface area contributed by atoms with Crippen molar-refractivity contribution in [2.24, 2.45) is 0 Å². The number of hydrogen-bond acceptors (Lipinski definition) is 4. The maximum atomic E-state index is 5.94. The van der Waals surface area contributed by atoms with Gasteiger partial charge in [-0.3, -0.25) is 9.55 Å². The van der Waals surface area contributed by atoms with Crippen LogP contribution in [0.3, 0.4) is 0 Å². The number of aryl methyl sites for hydroxylation is 1. The summed E-state index contributed by atoms with van der Waals surface area (Å²) in [4.78, 5) is 12.9. The Kier molecular flexibility index (Phi) is 2.44. The molecule has 90 valence electrons. The Hall–Kier alpha value is -2.43. The van der Waals surface area contributed by atoms with E-state index in [9.17, 15) is 0 Å². The van der Waals surface area contributed by atoms with Gasteiger partial charge in [0.15, 0.2) is 5.65 Å². The molecule has 0 radical (unpaired) electrons. The largest absolute Gasteiger partial charge is 0.369 e. The first kappa shape index (κ1) is 10.7. The number of pyridine rings is 2. The maximum Gasteiger partial charge on any atom is 0.202 e. The molecule has 3 aromatic rings. The SMILES string of the molecule is Cc1ccc2nc(N)n(Cc3cccnc3)c2n1. The Bertz CT molecular complexity index is 687. The van der Waals surface area contributed by atoms with Crippen molar-refractivity contribution < 1.29 is 0 Å². The summed E-state index contributed by atoms with van der Waals surface area (Å²) < 4.78 is 1.90. The van der Waals surface area contributed by atoms with Gasteiger partial charge in [-0.1, -0.05) is 6.07 Å². The zero-order chi connectivity index (χ0) is 12.5. The fourth-order valence-electron chi connectivity index (χ4n) is 1.94. The molecule has 2 N–H and O–H groups in total. The number of hydrogen-bond donors (Lipinski definition) is 1. The van der Waals surface area contributed by atoms with Crippen LogP contribution in [0.2, 0.25) is 0 Å². The molecule has 5 nitrogen and oxygen atoms in total. The molecule has 0 bridgehead atoms. The van der Waals surface area contributed by atoms with Gasteiger partial charge in [-0.2, -0.15) is 0 Å². The summed E-state index contributed by atoms with van der Waals surface area (Å²) >= 11 is 0. The van der Waals surface area contributed by atoms with E-state index in [0.717, 1.165) is 22.4 Å². The van der Waals surface area contributed by atoms with Crippen molar-refractivity contribution in [3.63, 3.8) is 0 Å². The summed E-state index contributed by atoms with van der Waals surface area (Å²) in [6.45, 7) is 2.59. The van der Waals surface area contributed by atoms with E-state index in [4.69, 9.17) is 5.73 Å². The van der Waals surface area contributed by atoms with E-state index in [0.29, 0.717) is 12.5 Å². The zero-order valence-electron chi connectivity index (χ0n) is 10.0. The van der Waals surface area contributed by atoms with Crippen LogP contribution >= 0.6 is 0 Å². The smallest absolute Gasteiger partial charge is 0.202 e. The predicted molar refractivity (Wildman–Crippen MR) is 70.0 cm³/mol. The summed E-state index contributed by atoms with van der Waals surface area (Å²) in [5.74, 6) is 0.479. The summed E-state index contributed by atoms with van der Waals surface area (Å²) in [6, 6.07) is 7.79. The number of anilines is 1. The van der Waals surface area contributed by atoms with Gasteiger partial charge >= 0.3 is 0 Å². The summed E-state index contributed by atoms with van der Waals surface area (Å²) in [7, 11) is 0. The lowest BCUT2D eigenvalue weighted by atomic mass is 10.3. The molecule has 0 aliphatic heterocycles. The molecule has 3 aromatic heterocycles. The van der Waals surface area contributed by atoms with E-state index in [1.54, 1.807) is 6.20 Å². The first-order valence-corrected chi connectivity index (χ1v) is 5.72. The maximum absolute atomic E-state index is 5.94. The van der Waals surface area contributed by atoms with Crippen LogP contribution in [0.5, 0.6) is 0 Å². The highest BCUT2D eigenvalue weighted by molar-refractivity contribution is 5.74. The third-order valence-corrected chi connectivity index (χ3v) is 2.82. The number of imidazole rings is 1. The predicted octanol–water partition coefficient (Wildman–Crippen LogP) is 1.77. The number of rotatable bonds is 2. The lowest BCUT2D eigenvalue weighted by Crippen LogP contribution is -2.05. The van der Waals surface area contributed by atoms with E-state index in [1.807, 2.05) is 42.0 Å². The minimum absolute atomic E-state index is 0.479. The van der Waals surface area contributed by atoms with Crippen LogP contribution in [0.1, 0.15) is 11.3 Å². The highest BCUT2D eigenvalue weighted by Crippen LogP contribution is 2.17. The molecule has 3 rings (SSSR count). The standard InChI is InChI=1S/C13H13N5/c1-9-4-5-11-12(16-9)18(13(14)17-11)8-10-3-2-6-15-7-10/h2-7H,8H2,1H3,(H2,14,17). The third kappa shape index (κ3) is 1.79. The van der Waals surface area contributed by atoms with Crippen LogP contribution in [-0.4, -0.2) is 19.5 Å². The number of nitrogen functional groups attached to an aromatic ring is 1. The molecule has 0 aliphatic carbocycles. The second kappa shape index (κ2) is 4.10.